The molecule has 6 rings (SSSR count). The summed E-state index contributed by atoms with van der Waals surface area (Å²) in [5.74, 6) is 0.312. The zero-order valence-electron chi connectivity index (χ0n) is 21.2. The smallest absolute Gasteiger partial charge is 0.301 e. The second kappa shape index (κ2) is 9.95. The Morgan fingerprint density at radius 1 is 1.05 bits per heavy atom. The maximum Gasteiger partial charge on any atom is 0.301 e. The first kappa shape index (κ1) is 24.7. The lowest BCUT2D eigenvalue weighted by Crippen LogP contribution is -2.29. The summed E-state index contributed by atoms with van der Waals surface area (Å²) in [5, 5.41) is 11.8. The molecule has 3 heterocycles. The number of thiazole rings is 1. The summed E-state index contributed by atoms with van der Waals surface area (Å²) >= 11 is 1.26. The maximum absolute atomic E-state index is 13.6. The summed E-state index contributed by atoms with van der Waals surface area (Å²) in [6.07, 6.45) is 0. The molecule has 0 aliphatic carbocycles. The van der Waals surface area contributed by atoms with E-state index in [-0.39, 0.29) is 11.3 Å². The van der Waals surface area contributed by atoms with E-state index in [0.29, 0.717) is 64.6 Å². The largest absolute Gasteiger partial charge is 0.507 e. The highest BCUT2D eigenvalue weighted by molar-refractivity contribution is 7.22. The number of fused-ring (bicyclic) bond motifs is 2. The molecule has 0 saturated carbocycles. The molecule has 3 aromatic carbocycles. The zero-order valence-corrected chi connectivity index (χ0v) is 22.0. The molecule has 0 bridgehead atoms. The molecule has 1 aromatic heterocycles. The van der Waals surface area contributed by atoms with Crippen molar-refractivity contribution in [2.75, 3.05) is 31.8 Å². The minimum Gasteiger partial charge on any atom is -0.507 e. The Bertz CT molecular complexity index is 1640. The highest BCUT2D eigenvalue weighted by Gasteiger charge is 2.48. The molecule has 39 heavy (non-hydrogen) atoms. The Morgan fingerprint density at radius 3 is 2.67 bits per heavy atom. The van der Waals surface area contributed by atoms with Crippen LogP contribution in [-0.2, 0) is 9.59 Å². The van der Waals surface area contributed by atoms with Gasteiger partial charge in [0, 0.05) is 5.56 Å². The molecule has 4 aromatic rings. The van der Waals surface area contributed by atoms with Crippen molar-refractivity contribution in [2.45, 2.75) is 13.0 Å². The molecule has 1 N–H and O–H groups in total. The molecule has 2 aliphatic heterocycles. The van der Waals surface area contributed by atoms with E-state index in [4.69, 9.17) is 18.9 Å². The van der Waals surface area contributed by atoms with Crippen molar-refractivity contribution in [3.8, 4) is 23.0 Å². The molecule has 10 heteroatoms. The minimum absolute atomic E-state index is 0.0536. The van der Waals surface area contributed by atoms with Crippen LogP contribution < -0.4 is 23.8 Å². The number of carbonyl (C=O) groups is 2. The number of hydrogen-bond donors (Lipinski definition) is 1. The average molecular weight is 545 g/mol. The number of methoxy groups -OCH3 is 1. The van der Waals surface area contributed by atoms with Gasteiger partial charge < -0.3 is 24.1 Å². The molecule has 2 aliphatic rings. The van der Waals surface area contributed by atoms with Crippen molar-refractivity contribution in [2.24, 2.45) is 0 Å². The van der Waals surface area contributed by atoms with Crippen molar-refractivity contribution in [1.82, 2.24) is 4.98 Å². The van der Waals surface area contributed by atoms with Crippen LogP contribution in [0.1, 0.15) is 24.1 Å². The van der Waals surface area contributed by atoms with Gasteiger partial charge in [-0.05, 0) is 61.0 Å². The number of aromatic nitrogens is 1. The lowest BCUT2D eigenvalue weighted by atomic mass is 9.95. The number of nitrogens with zero attached hydrogens (tertiary/aromatic N) is 2. The monoisotopic (exact) mass is 544 g/mol. The van der Waals surface area contributed by atoms with Crippen molar-refractivity contribution >= 4 is 44.1 Å². The first-order chi connectivity index (χ1) is 19.0. The van der Waals surface area contributed by atoms with Gasteiger partial charge in [-0.3, -0.25) is 14.5 Å². The molecule has 0 radical (unpaired) electrons. The number of ketones is 1. The number of hydrogen-bond acceptors (Lipinski definition) is 9. The molecular weight excluding hydrogens is 520 g/mol. The van der Waals surface area contributed by atoms with Gasteiger partial charge in [0.25, 0.3) is 5.78 Å². The van der Waals surface area contributed by atoms with E-state index in [1.807, 2.05) is 13.0 Å². The third-order valence-electron chi connectivity index (χ3n) is 6.54. The van der Waals surface area contributed by atoms with Gasteiger partial charge in [0.05, 0.1) is 35.5 Å². The van der Waals surface area contributed by atoms with Gasteiger partial charge in [0.2, 0.25) is 0 Å². The number of anilines is 1. The summed E-state index contributed by atoms with van der Waals surface area (Å²) in [5.41, 5.74) is 1.53. The fourth-order valence-corrected chi connectivity index (χ4v) is 5.78. The normalized spacial score (nSPS) is 18.0. The number of aliphatic hydroxyl groups is 1. The van der Waals surface area contributed by atoms with Gasteiger partial charge in [0.15, 0.2) is 16.6 Å². The van der Waals surface area contributed by atoms with Crippen LogP contribution in [0.15, 0.2) is 66.2 Å². The summed E-state index contributed by atoms with van der Waals surface area (Å²) < 4.78 is 23.1. The minimum atomic E-state index is -0.943. The number of Topliss-reactive ketones (excluding diaryl/α,β-unsaturated/α-hetero) is 1. The third kappa shape index (κ3) is 4.32. The molecule has 1 amide bonds. The van der Waals surface area contributed by atoms with Crippen LogP contribution in [0, 0.1) is 0 Å². The number of amides is 1. The quantitative estimate of drug-likeness (QED) is 0.203. The molecule has 1 atom stereocenters. The molecule has 1 fully saturated rings. The Balaban J connectivity index is 1.53. The number of benzene rings is 3. The Hall–Kier alpha value is -4.57. The van der Waals surface area contributed by atoms with E-state index < -0.39 is 17.7 Å². The fourth-order valence-electron chi connectivity index (χ4n) is 4.76. The molecule has 9 nitrogen and oxygen atoms in total. The van der Waals surface area contributed by atoms with Crippen LogP contribution in [0.4, 0.5) is 5.13 Å². The number of aliphatic hydroxyl groups excluding tert-OH is 1. The topological polar surface area (TPSA) is 107 Å². The van der Waals surface area contributed by atoms with E-state index in [0.717, 1.165) is 4.70 Å². The van der Waals surface area contributed by atoms with Gasteiger partial charge >= 0.3 is 5.91 Å². The highest BCUT2D eigenvalue weighted by atomic mass is 32.1. The van der Waals surface area contributed by atoms with E-state index in [2.05, 4.69) is 4.98 Å². The van der Waals surface area contributed by atoms with Gasteiger partial charge in [-0.2, -0.15) is 0 Å². The lowest BCUT2D eigenvalue weighted by Gasteiger charge is -2.23. The van der Waals surface area contributed by atoms with Gasteiger partial charge in [0.1, 0.15) is 30.5 Å². The van der Waals surface area contributed by atoms with Crippen LogP contribution in [0.25, 0.3) is 16.0 Å². The Morgan fingerprint density at radius 2 is 1.87 bits per heavy atom. The first-order valence-electron chi connectivity index (χ1n) is 12.4. The van der Waals surface area contributed by atoms with Crippen LogP contribution in [0.3, 0.4) is 0 Å². The van der Waals surface area contributed by atoms with E-state index in [1.54, 1.807) is 61.7 Å². The summed E-state index contributed by atoms with van der Waals surface area (Å²) in [6.45, 7) is 3.11. The molecular formula is C29H24N2O7S. The van der Waals surface area contributed by atoms with Crippen molar-refractivity contribution in [3.63, 3.8) is 0 Å². The van der Waals surface area contributed by atoms with Gasteiger partial charge in [-0.25, -0.2) is 4.98 Å². The summed E-state index contributed by atoms with van der Waals surface area (Å²) in [7, 11) is 1.57. The Kier molecular flexibility index (Phi) is 6.32. The fraction of sp³-hybridized carbons (Fsp3) is 0.207. The molecule has 198 valence electrons. The Labute approximate surface area is 227 Å². The third-order valence-corrected chi connectivity index (χ3v) is 7.55. The SMILES string of the molecule is CCOc1cccc(C2/C(=C(\O)c3ccc4c(c3)OCCO4)C(=O)C(=O)N2c2nc3ccc(OC)cc3s2)c1. The number of carbonyl (C=O) groups excluding carboxylic acids is 2. The molecule has 1 saturated heterocycles. The molecule has 1 unspecified atom stereocenters. The van der Waals surface area contributed by atoms with E-state index >= 15 is 0 Å². The van der Waals surface area contributed by atoms with Crippen molar-refractivity contribution in [3.05, 3.63) is 77.4 Å². The van der Waals surface area contributed by atoms with Gasteiger partial charge in [-0.1, -0.05) is 23.5 Å². The van der Waals surface area contributed by atoms with E-state index in [9.17, 15) is 14.7 Å². The summed E-state index contributed by atoms with van der Waals surface area (Å²) in [6, 6.07) is 16.5. The van der Waals surface area contributed by atoms with Gasteiger partial charge in [-0.15, -0.1) is 0 Å². The van der Waals surface area contributed by atoms with Crippen LogP contribution in [0.2, 0.25) is 0 Å². The maximum atomic E-state index is 13.6. The van der Waals surface area contributed by atoms with Crippen LogP contribution in [0.5, 0.6) is 23.0 Å². The van der Waals surface area contributed by atoms with E-state index in [1.165, 1.54) is 16.2 Å². The lowest BCUT2D eigenvalue weighted by molar-refractivity contribution is -0.132. The predicted octanol–water partition coefficient (Wildman–Crippen LogP) is 5.10. The van der Waals surface area contributed by atoms with Crippen molar-refractivity contribution < 1.29 is 33.6 Å². The van der Waals surface area contributed by atoms with Crippen LogP contribution in [-0.4, -0.2) is 48.7 Å². The summed E-state index contributed by atoms with van der Waals surface area (Å²) in [4.78, 5) is 33.1. The average Bonchev–Trinajstić information content (AvgIpc) is 3.50. The van der Waals surface area contributed by atoms with Crippen molar-refractivity contribution in [1.29, 1.82) is 0 Å². The number of ether oxygens (including phenoxy) is 4. The predicted molar refractivity (Wildman–Crippen MR) is 146 cm³/mol. The first-order valence-corrected chi connectivity index (χ1v) is 13.2. The van der Waals surface area contributed by atoms with Crippen LogP contribution >= 0.6 is 11.3 Å². The highest BCUT2D eigenvalue weighted by Crippen LogP contribution is 2.45. The molecule has 0 spiro atoms. The second-order valence-electron chi connectivity index (χ2n) is 8.86. The second-order valence-corrected chi connectivity index (χ2v) is 9.87. The number of rotatable bonds is 6. The standard InChI is InChI=1S/C29H24N2O7S/c1-3-36-19-6-4-5-16(13-19)25-24(26(32)17-7-10-21-22(14-17)38-12-11-37-21)27(33)28(34)31(25)29-30-20-9-8-18(35-2)15-23(20)39-29/h4-10,13-15,25,32H,3,11-12H2,1-2H3/b26-24+. The zero-order chi connectivity index (χ0) is 27.1.